The first-order chi connectivity index (χ1) is 8.13. The molecule has 0 saturated heterocycles. The van der Waals surface area contributed by atoms with Crippen molar-refractivity contribution in [2.24, 2.45) is 0 Å². The number of nitrogens with zero attached hydrogens (tertiary/aromatic N) is 4. The maximum absolute atomic E-state index is 10.9. The van der Waals surface area contributed by atoms with Gasteiger partial charge in [0.15, 0.2) is 10.2 Å². The second kappa shape index (κ2) is 4.58. The second-order valence-corrected chi connectivity index (χ2v) is 4.26. The number of imidazole rings is 2. The summed E-state index contributed by atoms with van der Waals surface area (Å²) >= 11 is 1.21. The standard InChI is InChI=1S/C9H11N5O2S/c1-3-13-6(2)12-7(14(15)16)8(13)17-9-10-4-5-11-9/h4-5H,3H2,1-2H3,(H,10,11). The highest BCUT2D eigenvalue weighted by molar-refractivity contribution is 7.99. The minimum Gasteiger partial charge on any atom is -0.358 e. The van der Waals surface area contributed by atoms with Crippen LogP contribution in [-0.2, 0) is 6.54 Å². The van der Waals surface area contributed by atoms with E-state index in [2.05, 4.69) is 15.0 Å². The van der Waals surface area contributed by atoms with Crippen molar-refractivity contribution in [3.63, 3.8) is 0 Å². The maximum Gasteiger partial charge on any atom is 0.396 e. The molecule has 0 fully saturated rings. The van der Waals surface area contributed by atoms with Crippen molar-refractivity contribution >= 4 is 17.6 Å². The van der Waals surface area contributed by atoms with Crippen molar-refractivity contribution in [1.29, 1.82) is 0 Å². The van der Waals surface area contributed by atoms with E-state index in [4.69, 9.17) is 0 Å². The highest BCUT2D eigenvalue weighted by Gasteiger charge is 2.26. The van der Waals surface area contributed by atoms with Crippen molar-refractivity contribution in [1.82, 2.24) is 19.5 Å². The van der Waals surface area contributed by atoms with E-state index in [0.717, 1.165) is 0 Å². The molecular formula is C9H11N5O2S. The number of hydrogen-bond donors (Lipinski definition) is 1. The first-order valence-electron chi connectivity index (χ1n) is 5.02. The zero-order chi connectivity index (χ0) is 12.4. The zero-order valence-electron chi connectivity index (χ0n) is 9.38. The number of H-pyrrole nitrogens is 1. The Bertz CT molecular complexity index is 534. The predicted molar refractivity (Wildman–Crippen MR) is 62.0 cm³/mol. The van der Waals surface area contributed by atoms with Crippen LogP contribution in [0.15, 0.2) is 22.6 Å². The Hall–Kier alpha value is -1.83. The van der Waals surface area contributed by atoms with Crippen LogP contribution in [0.25, 0.3) is 0 Å². The van der Waals surface area contributed by atoms with Crippen molar-refractivity contribution in [2.75, 3.05) is 0 Å². The Balaban J connectivity index is 2.45. The van der Waals surface area contributed by atoms with E-state index in [-0.39, 0.29) is 5.82 Å². The van der Waals surface area contributed by atoms with E-state index in [1.807, 2.05) is 6.92 Å². The Labute approximate surface area is 101 Å². The summed E-state index contributed by atoms with van der Waals surface area (Å²) in [5.41, 5.74) is 0. The minimum absolute atomic E-state index is 0.120. The molecule has 8 heteroatoms. The third-order valence-corrected chi connectivity index (χ3v) is 3.26. The molecular weight excluding hydrogens is 242 g/mol. The summed E-state index contributed by atoms with van der Waals surface area (Å²) in [4.78, 5) is 21.4. The van der Waals surface area contributed by atoms with E-state index in [0.29, 0.717) is 22.6 Å². The van der Waals surface area contributed by atoms with Gasteiger partial charge in [-0.2, -0.15) is 0 Å². The van der Waals surface area contributed by atoms with Gasteiger partial charge in [-0.3, -0.25) is 4.57 Å². The summed E-state index contributed by atoms with van der Waals surface area (Å²) in [6.07, 6.45) is 3.28. The highest BCUT2D eigenvalue weighted by Crippen LogP contribution is 2.33. The van der Waals surface area contributed by atoms with Crippen molar-refractivity contribution in [3.05, 3.63) is 28.3 Å². The zero-order valence-corrected chi connectivity index (χ0v) is 10.2. The van der Waals surface area contributed by atoms with Crippen LogP contribution in [0.2, 0.25) is 0 Å². The Morgan fingerprint density at radius 3 is 2.94 bits per heavy atom. The molecule has 0 radical (unpaired) electrons. The fourth-order valence-corrected chi connectivity index (χ4v) is 2.53. The van der Waals surface area contributed by atoms with Crippen LogP contribution in [0, 0.1) is 17.0 Å². The van der Waals surface area contributed by atoms with Crippen LogP contribution in [-0.4, -0.2) is 24.4 Å². The molecule has 2 rings (SSSR count). The highest BCUT2D eigenvalue weighted by atomic mass is 32.2. The predicted octanol–water partition coefficient (Wildman–Crippen LogP) is 1.99. The fourth-order valence-electron chi connectivity index (χ4n) is 1.52. The number of nitrogens with one attached hydrogen (secondary N) is 1. The summed E-state index contributed by atoms with van der Waals surface area (Å²) in [7, 11) is 0. The van der Waals surface area contributed by atoms with Crippen LogP contribution in [0.4, 0.5) is 5.82 Å². The van der Waals surface area contributed by atoms with E-state index < -0.39 is 4.92 Å². The average molecular weight is 253 g/mol. The number of aryl methyl sites for hydroxylation is 1. The van der Waals surface area contributed by atoms with Crippen molar-refractivity contribution < 1.29 is 4.92 Å². The van der Waals surface area contributed by atoms with Crippen LogP contribution >= 0.6 is 11.8 Å². The van der Waals surface area contributed by atoms with Gasteiger partial charge in [0.1, 0.15) is 0 Å². The number of nitro groups is 1. The molecule has 90 valence electrons. The first-order valence-corrected chi connectivity index (χ1v) is 5.84. The molecule has 0 bridgehead atoms. The molecule has 0 unspecified atom stereocenters. The largest absolute Gasteiger partial charge is 0.396 e. The molecule has 0 amide bonds. The molecule has 0 saturated carbocycles. The lowest BCUT2D eigenvalue weighted by molar-refractivity contribution is -0.392. The third-order valence-electron chi connectivity index (χ3n) is 2.25. The summed E-state index contributed by atoms with van der Waals surface area (Å²) in [5.74, 6) is 0.513. The van der Waals surface area contributed by atoms with E-state index >= 15 is 0 Å². The van der Waals surface area contributed by atoms with Gasteiger partial charge in [0.05, 0.1) is 0 Å². The normalized spacial score (nSPS) is 10.7. The van der Waals surface area contributed by atoms with Gasteiger partial charge in [-0.05, 0) is 28.6 Å². The molecule has 2 aromatic heterocycles. The summed E-state index contributed by atoms with van der Waals surface area (Å²) < 4.78 is 1.80. The quantitative estimate of drug-likeness (QED) is 0.664. The smallest absolute Gasteiger partial charge is 0.358 e. The minimum atomic E-state index is -0.468. The van der Waals surface area contributed by atoms with Crippen molar-refractivity contribution in [3.8, 4) is 0 Å². The molecule has 0 spiro atoms. The van der Waals surface area contributed by atoms with Crippen LogP contribution in [0.1, 0.15) is 12.7 Å². The van der Waals surface area contributed by atoms with E-state index in [9.17, 15) is 10.1 Å². The molecule has 7 nitrogen and oxygen atoms in total. The van der Waals surface area contributed by atoms with E-state index in [1.54, 1.807) is 23.9 Å². The SMILES string of the molecule is CCn1c(C)nc([N+](=O)[O-])c1Sc1ncc[nH]1. The third kappa shape index (κ3) is 2.16. The van der Waals surface area contributed by atoms with Gasteiger partial charge in [0.25, 0.3) is 0 Å². The lowest BCUT2D eigenvalue weighted by Crippen LogP contribution is -1.99. The van der Waals surface area contributed by atoms with Gasteiger partial charge in [-0.15, -0.1) is 0 Å². The number of aromatic amines is 1. The number of aromatic nitrogens is 4. The van der Waals surface area contributed by atoms with Gasteiger partial charge in [-0.1, -0.05) is 0 Å². The Kier molecular flexibility index (Phi) is 3.14. The molecule has 0 atom stereocenters. The maximum atomic E-state index is 10.9. The molecule has 17 heavy (non-hydrogen) atoms. The van der Waals surface area contributed by atoms with Crippen LogP contribution in [0.5, 0.6) is 0 Å². The summed E-state index contributed by atoms with van der Waals surface area (Å²) in [6.45, 7) is 4.31. The molecule has 0 aromatic carbocycles. The second-order valence-electron chi connectivity index (χ2n) is 3.29. The Morgan fingerprint density at radius 2 is 2.41 bits per heavy atom. The van der Waals surface area contributed by atoms with E-state index in [1.165, 1.54) is 11.8 Å². The first kappa shape index (κ1) is 11.6. The van der Waals surface area contributed by atoms with Gasteiger partial charge in [0, 0.05) is 25.9 Å². The lowest BCUT2D eigenvalue weighted by Gasteiger charge is -2.02. The monoisotopic (exact) mass is 253 g/mol. The topological polar surface area (TPSA) is 89.6 Å². The molecule has 1 N–H and O–H groups in total. The summed E-state index contributed by atoms with van der Waals surface area (Å²) in [6, 6.07) is 0. The fraction of sp³-hybridized carbons (Fsp3) is 0.333. The number of hydrogen-bond acceptors (Lipinski definition) is 5. The molecule has 0 aliphatic rings. The number of rotatable bonds is 4. The summed E-state index contributed by atoms with van der Waals surface area (Å²) in [5, 5.41) is 12.0. The molecule has 2 heterocycles. The van der Waals surface area contributed by atoms with Gasteiger partial charge < -0.3 is 15.1 Å². The lowest BCUT2D eigenvalue weighted by atomic mass is 10.6. The van der Waals surface area contributed by atoms with Crippen LogP contribution in [0.3, 0.4) is 0 Å². The van der Waals surface area contributed by atoms with Crippen molar-refractivity contribution in [2.45, 2.75) is 30.6 Å². The molecule has 0 aliphatic heterocycles. The van der Waals surface area contributed by atoms with Gasteiger partial charge in [0.2, 0.25) is 5.82 Å². The molecule has 2 aromatic rings. The van der Waals surface area contributed by atoms with Gasteiger partial charge in [-0.25, -0.2) is 4.98 Å². The van der Waals surface area contributed by atoms with Crippen LogP contribution < -0.4 is 0 Å². The van der Waals surface area contributed by atoms with Gasteiger partial charge >= 0.3 is 5.82 Å². The Morgan fingerprint density at radius 1 is 1.65 bits per heavy atom. The average Bonchev–Trinajstić information content (AvgIpc) is 2.87. The molecule has 0 aliphatic carbocycles.